The fourth-order valence-corrected chi connectivity index (χ4v) is 6.49. The van der Waals surface area contributed by atoms with Gasteiger partial charge in [-0.05, 0) is 25.0 Å². The molecule has 2 aromatic carbocycles. The third-order valence-electron chi connectivity index (χ3n) is 6.70. The summed E-state index contributed by atoms with van der Waals surface area (Å²) in [6.07, 6.45) is 1.25. The van der Waals surface area contributed by atoms with E-state index in [4.69, 9.17) is 0 Å². The van der Waals surface area contributed by atoms with Crippen LogP contribution in [0.1, 0.15) is 29.4 Å². The number of amides is 1. The van der Waals surface area contributed by atoms with Crippen LogP contribution in [0.25, 0.3) is 11.3 Å². The number of benzene rings is 2. The molecule has 1 unspecified atom stereocenters. The molecule has 0 aliphatic carbocycles. The number of imidazole rings is 1. The van der Waals surface area contributed by atoms with Crippen molar-refractivity contribution in [3.05, 3.63) is 76.8 Å². The maximum atomic E-state index is 13.5. The second kappa shape index (κ2) is 9.80. The molecule has 1 amide bonds. The van der Waals surface area contributed by atoms with Crippen LogP contribution in [-0.2, 0) is 10.0 Å². The smallest absolute Gasteiger partial charge is 0.326 e. The molecule has 3 heterocycles. The maximum Gasteiger partial charge on any atom is 0.326 e. The van der Waals surface area contributed by atoms with Crippen LogP contribution in [0.2, 0.25) is 0 Å². The molecule has 5 rings (SSSR count). The number of nitrogens with one attached hydrogen (secondary N) is 2. The molecular formula is C25H29N5O4S. The van der Waals surface area contributed by atoms with E-state index >= 15 is 0 Å². The number of hydrogen-bond donors (Lipinski definition) is 2. The largest absolute Gasteiger partial charge is 0.335 e. The van der Waals surface area contributed by atoms with Crippen LogP contribution >= 0.6 is 0 Å². The van der Waals surface area contributed by atoms with Gasteiger partial charge in [-0.1, -0.05) is 48.5 Å². The highest BCUT2D eigenvalue weighted by molar-refractivity contribution is 7.89. The van der Waals surface area contributed by atoms with E-state index in [1.807, 2.05) is 30.3 Å². The molecule has 0 radical (unpaired) electrons. The third kappa shape index (κ3) is 4.56. The Bertz CT molecular complexity index is 1350. The standard InChI is InChI=1S/C25H29N5O4S/c31-24(28-16-13-26-14-17-28)22-23(19-8-3-1-4-9-19)30(25(32)27-22)20-10-7-15-29(18-20)35(33,34)21-11-5-2-6-12-21/h1-6,8-9,11-12,20,26H,7,10,13-18H2,(H,27,32). The number of piperidine rings is 1. The molecule has 0 bridgehead atoms. The Morgan fingerprint density at radius 3 is 2.26 bits per heavy atom. The van der Waals surface area contributed by atoms with Crippen molar-refractivity contribution in [3.8, 4) is 11.3 Å². The van der Waals surface area contributed by atoms with E-state index in [1.54, 1.807) is 39.8 Å². The lowest BCUT2D eigenvalue weighted by Gasteiger charge is -2.33. The van der Waals surface area contributed by atoms with Crippen molar-refractivity contribution in [1.82, 2.24) is 24.1 Å². The summed E-state index contributed by atoms with van der Waals surface area (Å²) >= 11 is 0. The monoisotopic (exact) mass is 495 g/mol. The second-order valence-electron chi connectivity index (χ2n) is 8.90. The fourth-order valence-electron chi connectivity index (χ4n) is 4.95. The number of carbonyl (C=O) groups excluding carboxylic acids is 1. The van der Waals surface area contributed by atoms with Gasteiger partial charge in [0.25, 0.3) is 5.91 Å². The summed E-state index contributed by atoms with van der Waals surface area (Å²) in [5, 5.41) is 3.23. The summed E-state index contributed by atoms with van der Waals surface area (Å²) in [6, 6.07) is 17.3. The van der Waals surface area contributed by atoms with Crippen molar-refractivity contribution >= 4 is 15.9 Å². The molecule has 9 nitrogen and oxygen atoms in total. The van der Waals surface area contributed by atoms with Gasteiger partial charge in [-0.2, -0.15) is 4.31 Å². The first-order chi connectivity index (χ1) is 17.0. The summed E-state index contributed by atoms with van der Waals surface area (Å²) in [7, 11) is -3.69. The average Bonchev–Trinajstić information content (AvgIpc) is 3.26. The molecule has 2 fully saturated rings. The second-order valence-corrected chi connectivity index (χ2v) is 10.8. The molecule has 1 atom stereocenters. The van der Waals surface area contributed by atoms with Gasteiger partial charge in [0.1, 0.15) is 5.69 Å². The highest BCUT2D eigenvalue weighted by Gasteiger charge is 2.35. The number of aromatic amines is 1. The average molecular weight is 496 g/mol. The predicted molar refractivity (Wildman–Crippen MR) is 133 cm³/mol. The molecule has 0 spiro atoms. The van der Waals surface area contributed by atoms with Gasteiger partial charge < -0.3 is 15.2 Å². The third-order valence-corrected chi connectivity index (χ3v) is 8.58. The summed E-state index contributed by atoms with van der Waals surface area (Å²) in [4.78, 5) is 31.6. The number of carbonyl (C=O) groups is 1. The van der Waals surface area contributed by atoms with Gasteiger partial charge in [0.2, 0.25) is 10.0 Å². The molecule has 184 valence electrons. The van der Waals surface area contributed by atoms with Crippen LogP contribution in [0.3, 0.4) is 0 Å². The van der Waals surface area contributed by atoms with Crippen LogP contribution < -0.4 is 11.0 Å². The normalized spacial score (nSPS) is 19.5. The number of H-pyrrole nitrogens is 1. The van der Waals surface area contributed by atoms with Crippen molar-refractivity contribution in [2.45, 2.75) is 23.8 Å². The molecule has 2 aliphatic heterocycles. The zero-order valence-electron chi connectivity index (χ0n) is 19.4. The summed E-state index contributed by atoms with van der Waals surface area (Å²) < 4.78 is 29.6. The Kier molecular flexibility index (Phi) is 6.59. The topological polar surface area (TPSA) is 108 Å². The first kappa shape index (κ1) is 23.5. The molecule has 2 N–H and O–H groups in total. The lowest BCUT2D eigenvalue weighted by molar-refractivity contribution is 0.0731. The minimum atomic E-state index is -3.69. The lowest BCUT2D eigenvalue weighted by atomic mass is 10.0. The van der Waals surface area contributed by atoms with E-state index in [-0.39, 0.29) is 23.0 Å². The number of rotatable bonds is 5. The molecule has 1 aromatic heterocycles. The SMILES string of the molecule is O=C(c1[nH]c(=O)n(C2CCCN(S(=O)(=O)c3ccccc3)C2)c1-c1ccccc1)N1CCNCC1. The van der Waals surface area contributed by atoms with Crippen LogP contribution in [-0.4, -0.2) is 72.3 Å². The molecule has 2 saturated heterocycles. The van der Waals surface area contributed by atoms with Gasteiger partial charge in [0.15, 0.2) is 0 Å². The van der Waals surface area contributed by atoms with Gasteiger partial charge in [-0.15, -0.1) is 0 Å². The van der Waals surface area contributed by atoms with E-state index < -0.39 is 21.8 Å². The molecule has 10 heteroatoms. The van der Waals surface area contributed by atoms with E-state index in [9.17, 15) is 18.0 Å². The summed E-state index contributed by atoms with van der Waals surface area (Å²) in [5.41, 5.74) is 1.12. The minimum absolute atomic E-state index is 0.163. The Morgan fingerprint density at radius 1 is 0.914 bits per heavy atom. The zero-order valence-corrected chi connectivity index (χ0v) is 20.2. The Labute approximate surface area is 204 Å². The van der Waals surface area contributed by atoms with Crippen molar-refractivity contribution in [2.75, 3.05) is 39.3 Å². The van der Waals surface area contributed by atoms with Crippen molar-refractivity contribution in [3.63, 3.8) is 0 Å². The Balaban J connectivity index is 1.55. The number of sulfonamides is 1. The van der Waals surface area contributed by atoms with Gasteiger partial charge in [0.05, 0.1) is 16.6 Å². The van der Waals surface area contributed by atoms with Crippen molar-refractivity contribution < 1.29 is 13.2 Å². The molecule has 3 aromatic rings. The highest BCUT2D eigenvalue weighted by Crippen LogP contribution is 2.31. The van der Waals surface area contributed by atoms with Crippen LogP contribution in [0.15, 0.2) is 70.4 Å². The fraction of sp³-hybridized carbons (Fsp3) is 0.360. The van der Waals surface area contributed by atoms with E-state index in [0.29, 0.717) is 51.3 Å². The van der Waals surface area contributed by atoms with Crippen LogP contribution in [0, 0.1) is 0 Å². The number of hydrogen-bond acceptors (Lipinski definition) is 5. The Hall–Kier alpha value is -3.21. The minimum Gasteiger partial charge on any atom is -0.335 e. The first-order valence-corrected chi connectivity index (χ1v) is 13.4. The Morgan fingerprint density at radius 2 is 1.57 bits per heavy atom. The number of aromatic nitrogens is 2. The van der Waals surface area contributed by atoms with Crippen LogP contribution in [0.4, 0.5) is 0 Å². The van der Waals surface area contributed by atoms with E-state index in [1.165, 1.54) is 4.31 Å². The molecular weight excluding hydrogens is 466 g/mol. The first-order valence-electron chi connectivity index (χ1n) is 11.9. The predicted octanol–water partition coefficient (Wildman–Crippen LogP) is 1.91. The highest BCUT2D eigenvalue weighted by atomic mass is 32.2. The van der Waals surface area contributed by atoms with Gasteiger partial charge in [0, 0.05) is 44.8 Å². The van der Waals surface area contributed by atoms with E-state index in [2.05, 4.69) is 10.3 Å². The van der Waals surface area contributed by atoms with Gasteiger partial charge in [-0.25, -0.2) is 13.2 Å². The summed E-state index contributed by atoms with van der Waals surface area (Å²) in [5.74, 6) is -0.217. The lowest BCUT2D eigenvalue weighted by Crippen LogP contribution is -2.46. The van der Waals surface area contributed by atoms with Crippen molar-refractivity contribution in [1.29, 1.82) is 0 Å². The molecule has 2 aliphatic rings. The van der Waals surface area contributed by atoms with Gasteiger partial charge >= 0.3 is 5.69 Å². The summed E-state index contributed by atoms with van der Waals surface area (Å²) in [6.45, 7) is 3.08. The number of piperazine rings is 1. The zero-order chi connectivity index (χ0) is 24.4. The molecule has 0 saturated carbocycles. The molecule has 35 heavy (non-hydrogen) atoms. The maximum absolute atomic E-state index is 13.5. The van der Waals surface area contributed by atoms with E-state index in [0.717, 1.165) is 5.56 Å². The number of nitrogens with zero attached hydrogens (tertiary/aromatic N) is 3. The van der Waals surface area contributed by atoms with Gasteiger partial charge in [-0.3, -0.25) is 9.36 Å². The van der Waals surface area contributed by atoms with Crippen molar-refractivity contribution in [2.24, 2.45) is 0 Å². The van der Waals surface area contributed by atoms with Crippen LogP contribution in [0.5, 0.6) is 0 Å². The quantitative estimate of drug-likeness (QED) is 0.562.